The van der Waals surface area contributed by atoms with Gasteiger partial charge in [-0.05, 0) is 34.5 Å². The molecule has 0 bridgehead atoms. The van der Waals surface area contributed by atoms with Crippen LogP contribution in [0.15, 0.2) is 22.8 Å². The number of aromatic nitrogens is 3. The first-order valence-electron chi connectivity index (χ1n) is 5.11. The summed E-state index contributed by atoms with van der Waals surface area (Å²) >= 11 is 3.31. The zero-order valence-electron chi connectivity index (χ0n) is 8.60. The highest BCUT2D eigenvalue weighted by atomic mass is 79.9. The van der Waals surface area contributed by atoms with Crippen molar-refractivity contribution in [2.75, 3.05) is 5.32 Å². The lowest BCUT2D eigenvalue weighted by molar-refractivity contribution is -0.117. The Hall–Kier alpha value is -1.50. The molecule has 0 unspecified atom stereocenters. The molecule has 1 aliphatic rings. The van der Waals surface area contributed by atoms with Crippen molar-refractivity contribution in [3.05, 3.63) is 22.8 Å². The van der Waals surface area contributed by atoms with E-state index in [1.165, 1.54) is 0 Å². The number of pyridine rings is 1. The third-order valence-corrected chi connectivity index (χ3v) is 3.20. The van der Waals surface area contributed by atoms with Gasteiger partial charge in [-0.1, -0.05) is 6.07 Å². The number of carbonyl (C=O) groups is 1. The van der Waals surface area contributed by atoms with Gasteiger partial charge in [-0.15, -0.1) is 5.10 Å². The van der Waals surface area contributed by atoms with E-state index in [9.17, 15) is 9.18 Å². The van der Waals surface area contributed by atoms with Crippen molar-refractivity contribution in [2.24, 2.45) is 5.92 Å². The maximum absolute atomic E-state index is 12.7. The molecule has 1 aliphatic carbocycles. The first-order chi connectivity index (χ1) is 8.15. The van der Waals surface area contributed by atoms with Crippen LogP contribution in [-0.4, -0.2) is 26.7 Å². The van der Waals surface area contributed by atoms with Crippen LogP contribution in [0.3, 0.4) is 0 Å². The van der Waals surface area contributed by atoms with Gasteiger partial charge in [0.15, 0.2) is 5.65 Å². The van der Waals surface area contributed by atoms with Crippen LogP contribution in [0, 0.1) is 5.92 Å². The van der Waals surface area contributed by atoms with Crippen molar-refractivity contribution < 1.29 is 9.18 Å². The van der Waals surface area contributed by atoms with Crippen LogP contribution < -0.4 is 5.32 Å². The quantitative estimate of drug-likeness (QED) is 0.860. The van der Waals surface area contributed by atoms with E-state index in [-0.39, 0.29) is 11.9 Å². The number of hydrogen-bond acceptors (Lipinski definition) is 3. The van der Waals surface area contributed by atoms with E-state index in [0.29, 0.717) is 12.1 Å². The van der Waals surface area contributed by atoms with Gasteiger partial charge >= 0.3 is 0 Å². The topological polar surface area (TPSA) is 59.3 Å². The summed E-state index contributed by atoms with van der Waals surface area (Å²) in [7, 11) is 0. The van der Waals surface area contributed by atoms with E-state index in [2.05, 4.69) is 31.3 Å². The summed E-state index contributed by atoms with van der Waals surface area (Å²) < 4.78 is 15.0. The maximum Gasteiger partial charge on any atom is 0.249 e. The number of carbonyl (C=O) groups excluding carboxylic acids is 1. The summed E-state index contributed by atoms with van der Waals surface area (Å²) in [6, 6.07) is 5.40. The fraction of sp³-hybridized carbons (Fsp3) is 0.300. The van der Waals surface area contributed by atoms with Gasteiger partial charge in [0.2, 0.25) is 11.9 Å². The summed E-state index contributed by atoms with van der Waals surface area (Å²) in [6.45, 7) is 0. The third-order valence-electron chi connectivity index (χ3n) is 2.60. The van der Waals surface area contributed by atoms with E-state index in [4.69, 9.17) is 0 Å². The van der Waals surface area contributed by atoms with Gasteiger partial charge in [0.05, 0.1) is 5.92 Å². The van der Waals surface area contributed by atoms with Crippen LogP contribution in [0.2, 0.25) is 0 Å². The minimum atomic E-state index is -1.02. The van der Waals surface area contributed by atoms with Crippen molar-refractivity contribution in [1.29, 1.82) is 0 Å². The van der Waals surface area contributed by atoms with E-state index in [0.717, 1.165) is 4.60 Å². The fourth-order valence-electron chi connectivity index (χ4n) is 1.56. The molecular weight excluding hydrogens is 291 g/mol. The van der Waals surface area contributed by atoms with Gasteiger partial charge < -0.3 is 0 Å². The molecule has 2 heterocycles. The smallest absolute Gasteiger partial charge is 0.249 e. The predicted octanol–water partition coefficient (Wildman–Crippen LogP) is 1.79. The summed E-state index contributed by atoms with van der Waals surface area (Å²) in [4.78, 5) is 15.6. The fourth-order valence-corrected chi connectivity index (χ4v) is 1.98. The number of rotatable bonds is 2. The number of halogens is 2. The lowest BCUT2D eigenvalue weighted by Crippen LogP contribution is -2.16. The van der Waals surface area contributed by atoms with Gasteiger partial charge in [0, 0.05) is 0 Å². The average molecular weight is 299 g/mol. The summed E-state index contributed by atoms with van der Waals surface area (Å²) in [6.07, 6.45) is -0.720. The van der Waals surface area contributed by atoms with E-state index in [1.54, 1.807) is 10.6 Å². The number of amides is 1. The molecule has 0 saturated heterocycles. The van der Waals surface area contributed by atoms with Crippen molar-refractivity contribution in [3.8, 4) is 0 Å². The molecule has 5 nitrogen and oxygen atoms in total. The van der Waals surface area contributed by atoms with E-state index >= 15 is 0 Å². The van der Waals surface area contributed by atoms with E-state index in [1.807, 2.05) is 12.1 Å². The Balaban J connectivity index is 1.86. The molecule has 2 aromatic rings. The molecule has 2 atom stereocenters. The number of alkyl halides is 1. The highest BCUT2D eigenvalue weighted by Gasteiger charge is 2.44. The van der Waals surface area contributed by atoms with Crippen LogP contribution in [0.25, 0.3) is 5.65 Å². The van der Waals surface area contributed by atoms with Crippen molar-refractivity contribution in [3.63, 3.8) is 0 Å². The maximum atomic E-state index is 12.7. The van der Waals surface area contributed by atoms with Crippen LogP contribution >= 0.6 is 15.9 Å². The monoisotopic (exact) mass is 298 g/mol. The Kier molecular flexibility index (Phi) is 2.36. The highest BCUT2D eigenvalue weighted by Crippen LogP contribution is 2.34. The largest absolute Gasteiger partial charge is 0.293 e. The molecule has 0 aliphatic heterocycles. The summed E-state index contributed by atoms with van der Waals surface area (Å²) in [5.74, 6) is -0.699. The number of hydrogen-bond donors (Lipinski definition) is 1. The number of anilines is 1. The molecule has 3 rings (SSSR count). The first-order valence-corrected chi connectivity index (χ1v) is 5.90. The predicted molar refractivity (Wildman–Crippen MR) is 62.3 cm³/mol. The zero-order valence-corrected chi connectivity index (χ0v) is 10.2. The third kappa shape index (κ3) is 1.90. The van der Waals surface area contributed by atoms with Gasteiger partial charge in [-0.25, -0.2) is 8.91 Å². The molecule has 1 fully saturated rings. The second kappa shape index (κ2) is 3.76. The van der Waals surface area contributed by atoms with Crippen LogP contribution in [0.1, 0.15) is 6.42 Å². The molecule has 0 aromatic carbocycles. The van der Waals surface area contributed by atoms with Crippen LogP contribution in [-0.2, 0) is 4.79 Å². The zero-order chi connectivity index (χ0) is 12.0. The Morgan fingerprint density at radius 2 is 2.35 bits per heavy atom. The molecule has 1 N–H and O–H groups in total. The normalized spacial score (nSPS) is 22.7. The number of nitrogens with one attached hydrogen (secondary N) is 1. The molecule has 17 heavy (non-hydrogen) atoms. The molecular formula is C10H8BrFN4O. The molecule has 88 valence electrons. The first kappa shape index (κ1) is 10.6. The molecule has 0 spiro atoms. The SMILES string of the molecule is O=C(Nc1nc2cccc(Br)n2n1)[C@H]1C[C@@H]1F. The van der Waals surface area contributed by atoms with Crippen molar-refractivity contribution in [1.82, 2.24) is 14.6 Å². The lowest BCUT2D eigenvalue weighted by atomic mass is 10.4. The standard InChI is InChI=1S/C10H8BrFN4O/c11-7-2-1-3-8-13-10(15-16(7)8)14-9(17)5-4-6(5)12/h1-3,5-6H,4H2,(H,14,15,17)/t5-,6-/m0/s1. The van der Waals surface area contributed by atoms with Gasteiger partial charge in [-0.3, -0.25) is 10.1 Å². The Labute approximate surface area is 104 Å². The van der Waals surface area contributed by atoms with Crippen LogP contribution in [0.5, 0.6) is 0 Å². The van der Waals surface area contributed by atoms with Crippen LogP contribution in [0.4, 0.5) is 10.3 Å². The average Bonchev–Trinajstić information content (AvgIpc) is 2.87. The van der Waals surface area contributed by atoms with Gasteiger partial charge in [0.1, 0.15) is 10.8 Å². The lowest BCUT2D eigenvalue weighted by Gasteiger charge is -1.96. The molecule has 1 amide bonds. The summed E-state index contributed by atoms with van der Waals surface area (Å²) in [5, 5.41) is 6.60. The number of fused-ring (bicyclic) bond motifs is 1. The molecule has 0 radical (unpaired) electrons. The van der Waals surface area contributed by atoms with Crippen molar-refractivity contribution in [2.45, 2.75) is 12.6 Å². The van der Waals surface area contributed by atoms with Crippen molar-refractivity contribution >= 4 is 33.4 Å². The molecule has 1 saturated carbocycles. The molecule has 2 aromatic heterocycles. The minimum Gasteiger partial charge on any atom is -0.293 e. The Morgan fingerprint density at radius 3 is 3.00 bits per heavy atom. The summed E-state index contributed by atoms with van der Waals surface area (Å²) in [5.41, 5.74) is 0.613. The second-order valence-electron chi connectivity index (χ2n) is 3.90. The van der Waals surface area contributed by atoms with Gasteiger partial charge in [0.25, 0.3) is 0 Å². The molecule has 7 heteroatoms. The van der Waals surface area contributed by atoms with Gasteiger partial charge in [-0.2, -0.15) is 4.98 Å². The highest BCUT2D eigenvalue weighted by molar-refractivity contribution is 9.10. The number of nitrogens with zero attached hydrogens (tertiary/aromatic N) is 3. The minimum absolute atomic E-state index is 0.195. The Bertz CT molecular complexity index is 599. The van der Waals surface area contributed by atoms with E-state index < -0.39 is 12.1 Å². The second-order valence-corrected chi connectivity index (χ2v) is 4.71. The Morgan fingerprint density at radius 1 is 1.59 bits per heavy atom.